The maximum absolute atomic E-state index is 14.9. The number of aromatic nitrogens is 1. The molecule has 1 saturated heterocycles. The molecule has 71 heavy (non-hydrogen) atoms. The third-order valence-electron chi connectivity index (χ3n) is 11.0. The fourth-order valence-electron chi connectivity index (χ4n) is 7.84. The van der Waals surface area contributed by atoms with Gasteiger partial charge in [0, 0.05) is 46.2 Å². The van der Waals surface area contributed by atoms with Crippen molar-refractivity contribution in [3.63, 3.8) is 0 Å². The maximum Gasteiger partial charge on any atom is 0.413 e. The molecule has 6 aromatic rings. The van der Waals surface area contributed by atoms with Crippen LogP contribution in [-0.4, -0.2) is 74.7 Å². The van der Waals surface area contributed by atoms with Gasteiger partial charge in [-0.3, -0.25) is 24.6 Å². The topological polar surface area (TPSA) is 178 Å². The van der Waals surface area contributed by atoms with E-state index in [1.165, 1.54) is 35.3 Å². The summed E-state index contributed by atoms with van der Waals surface area (Å²) in [4.78, 5) is 81.8. The summed E-state index contributed by atoms with van der Waals surface area (Å²) in [7, 11) is 0. The Labute approximate surface area is 424 Å². The minimum absolute atomic E-state index is 0.0447. The number of nitrogens with zero attached hydrogens (tertiary/aromatic N) is 3. The molecular weight excluding hydrogens is 957 g/mol. The van der Waals surface area contributed by atoms with E-state index in [-0.39, 0.29) is 40.4 Å². The summed E-state index contributed by atoms with van der Waals surface area (Å²) in [5.41, 5.74) is 1.21. The van der Waals surface area contributed by atoms with Gasteiger partial charge in [-0.2, -0.15) is 0 Å². The number of anilines is 1. The van der Waals surface area contributed by atoms with Crippen molar-refractivity contribution in [2.75, 3.05) is 17.6 Å². The fraction of sp³-hybridized carbons (Fsp3) is 0.204. The summed E-state index contributed by atoms with van der Waals surface area (Å²) >= 11 is 3.64. The summed E-state index contributed by atoms with van der Waals surface area (Å²) in [6.07, 6.45) is 0.194. The highest BCUT2D eigenvalue weighted by Gasteiger charge is 2.55. The third-order valence-corrected chi connectivity index (χ3v) is 14.2. The van der Waals surface area contributed by atoms with E-state index in [4.69, 9.17) is 14.3 Å². The highest BCUT2D eigenvalue weighted by Crippen LogP contribution is 2.45. The molecule has 3 N–H and O–H groups in total. The summed E-state index contributed by atoms with van der Waals surface area (Å²) in [5, 5.41) is 15.6. The van der Waals surface area contributed by atoms with Gasteiger partial charge in [0.2, 0.25) is 11.5 Å². The van der Waals surface area contributed by atoms with Crippen LogP contribution in [0.2, 0.25) is 0 Å². The number of oxime groups is 1. The summed E-state index contributed by atoms with van der Waals surface area (Å²) in [6.45, 7) is 6.89. The van der Waals surface area contributed by atoms with Gasteiger partial charge in [-0.1, -0.05) is 175 Å². The first-order chi connectivity index (χ1) is 34.3. The molecule has 3 heterocycles. The van der Waals surface area contributed by atoms with E-state index >= 15 is 0 Å². The number of amides is 4. The van der Waals surface area contributed by atoms with Crippen molar-refractivity contribution >= 4 is 75.5 Å². The van der Waals surface area contributed by atoms with E-state index < -0.39 is 52.6 Å². The number of thiazole rings is 1. The lowest BCUT2D eigenvalue weighted by molar-refractivity contribution is -0.154. The van der Waals surface area contributed by atoms with Gasteiger partial charge in [-0.25, -0.2) is 14.6 Å². The van der Waals surface area contributed by atoms with E-state index in [1.807, 2.05) is 152 Å². The lowest BCUT2D eigenvalue weighted by atomic mass is 9.80. The standard InChI is InChI=1S/C54H50N6O8S3/c1-35(61)55-31-20-32-69-42-34-70-49-44(48(63)60(49)45(42)50(64)66-46(36-21-10-5-11-22-36)37-23-12-6-13-24-37)57-47(62)43(41-33-71-51(56-41)58-52(65)67-53(2,3)4)59-68-54(38-25-14-7-15-26-38,39-27-16-8-17-28-39)40-29-18-9-19-30-40/h5-30,32-33,44,46,49H,31,34H2,1-4H3,(H,55,61)(H,57,62)(H,56,58,65)/b32-20-,59-43-/t44?,49-/m1/s1. The fourth-order valence-corrected chi connectivity index (χ4v) is 10.8. The Balaban J connectivity index is 1.14. The molecule has 8 rings (SSSR count). The molecule has 0 saturated carbocycles. The Morgan fingerprint density at radius 1 is 0.817 bits per heavy atom. The molecule has 0 radical (unpaired) electrons. The molecule has 362 valence electrons. The average Bonchev–Trinajstić information content (AvgIpc) is 3.83. The van der Waals surface area contributed by atoms with Gasteiger partial charge in [-0.05, 0) is 37.3 Å². The number of rotatable bonds is 17. The number of thioether (sulfide) groups is 2. The number of ether oxygens (including phenoxy) is 2. The summed E-state index contributed by atoms with van der Waals surface area (Å²) in [6, 6.07) is 45.9. The van der Waals surface area contributed by atoms with Crippen LogP contribution in [0.15, 0.2) is 184 Å². The lowest BCUT2D eigenvalue weighted by Gasteiger charge is -2.49. The number of fused-ring (bicyclic) bond motifs is 1. The predicted octanol–water partition coefficient (Wildman–Crippen LogP) is 9.53. The Morgan fingerprint density at radius 3 is 1.87 bits per heavy atom. The summed E-state index contributed by atoms with van der Waals surface area (Å²) < 4.78 is 11.8. The largest absolute Gasteiger partial charge is 0.448 e. The van der Waals surface area contributed by atoms with Crippen molar-refractivity contribution in [1.82, 2.24) is 20.5 Å². The zero-order valence-corrected chi connectivity index (χ0v) is 41.6. The van der Waals surface area contributed by atoms with E-state index in [9.17, 15) is 24.0 Å². The molecule has 0 bridgehead atoms. The van der Waals surface area contributed by atoms with Gasteiger partial charge in [0.1, 0.15) is 28.4 Å². The van der Waals surface area contributed by atoms with Crippen LogP contribution < -0.4 is 16.0 Å². The number of carbonyl (C=O) groups excluding carboxylic acids is 5. The van der Waals surface area contributed by atoms with Crippen LogP contribution in [0.1, 0.15) is 67.3 Å². The molecule has 0 spiro atoms. The Hall–Kier alpha value is -7.47. The molecule has 2 atom stereocenters. The van der Waals surface area contributed by atoms with Crippen molar-refractivity contribution in [3.8, 4) is 0 Å². The molecule has 1 unspecified atom stereocenters. The molecule has 2 aliphatic rings. The number of nitrogens with one attached hydrogen (secondary N) is 3. The molecule has 2 aliphatic heterocycles. The molecule has 0 aliphatic carbocycles. The van der Waals surface area contributed by atoms with E-state index in [1.54, 1.807) is 37.6 Å². The monoisotopic (exact) mass is 1010 g/mol. The first-order valence-corrected chi connectivity index (χ1v) is 25.4. The number of hydrogen-bond acceptors (Lipinski definition) is 13. The first kappa shape index (κ1) is 49.9. The van der Waals surface area contributed by atoms with E-state index in [0.717, 1.165) is 22.5 Å². The van der Waals surface area contributed by atoms with Crippen LogP contribution in [0.25, 0.3) is 0 Å². The number of esters is 1. The molecule has 17 heteroatoms. The normalized spacial score (nSPS) is 15.9. The van der Waals surface area contributed by atoms with Gasteiger partial charge < -0.3 is 24.9 Å². The maximum atomic E-state index is 14.9. The van der Waals surface area contributed by atoms with Crippen molar-refractivity contribution < 1.29 is 38.3 Å². The zero-order chi connectivity index (χ0) is 50.0. The number of carbonyl (C=O) groups is 5. The van der Waals surface area contributed by atoms with Crippen molar-refractivity contribution in [1.29, 1.82) is 0 Å². The Bertz CT molecular complexity index is 2810. The van der Waals surface area contributed by atoms with E-state index in [0.29, 0.717) is 21.6 Å². The zero-order valence-electron chi connectivity index (χ0n) is 39.1. The molecule has 4 amide bonds. The minimum Gasteiger partial charge on any atom is -0.448 e. The second-order valence-corrected chi connectivity index (χ2v) is 20.1. The molecular formula is C54H50N6O8S3. The van der Waals surface area contributed by atoms with Crippen LogP contribution >= 0.6 is 34.9 Å². The molecule has 1 aromatic heterocycles. The minimum atomic E-state index is -1.40. The predicted molar refractivity (Wildman–Crippen MR) is 277 cm³/mol. The van der Waals surface area contributed by atoms with Gasteiger partial charge in [0.15, 0.2) is 16.9 Å². The van der Waals surface area contributed by atoms with Gasteiger partial charge >= 0.3 is 12.1 Å². The molecule has 5 aromatic carbocycles. The van der Waals surface area contributed by atoms with Gasteiger partial charge in [-0.15, -0.1) is 23.1 Å². The Kier molecular flexibility index (Phi) is 15.8. The van der Waals surface area contributed by atoms with Crippen molar-refractivity contribution in [2.24, 2.45) is 5.16 Å². The smallest absolute Gasteiger partial charge is 0.413 e. The van der Waals surface area contributed by atoms with Gasteiger partial charge in [0.25, 0.3) is 11.8 Å². The van der Waals surface area contributed by atoms with Crippen molar-refractivity contribution in [3.05, 3.63) is 213 Å². The molecule has 1 fully saturated rings. The third kappa shape index (κ3) is 11.8. The highest BCUT2D eigenvalue weighted by molar-refractivity contribution is 8.08. The number of benzene rings is 5. The quantitative estimate of drug-likeness (QED) is 0.0261. The highest BCUT2D eigenvalue weighted by atomic mass is 32.2. The first-order valence-electron chi connectivity index (χ1n) is 22.6. The van der Waals surface area contributed by atoms with Crippen molar-refractivity contribution in [2.45, 2.75) is 56.4 Å². The molecule has 14 nitrogen and oxygen atoms in total. The van der Waals surface area contributed by atoms with Crippen LogP contribution in [-0.2, 0) is 39.1 Å². The second kappa shape index (κ2) is 22.5. The van der Waals surface area contributed by atoms with Crippen LogP contribution in [0.3, 0.4) is 0 Å². The van der Waals surface area contributed by atoms with E-state index in [2.05, 4.69) is 26.1 Å². The Morgan fingerprint density at radius 2 is 1.35 bits per heavy atom. The second-order valence-electron chi connectivity index (χ2n) is 17.1. The number of β-lactam (4-membered cyclic amide) rings is 1. The SMILES string of the molecule is CC(=O)NC/C=C\SC1=C(C(=O)OC(c2ccccc2)c2ccccc2)N2C(=O)C(NC(=O)/C(=N\OC(c3ccccc3)(c3ccccc3)c3ccccc3)c3csc(NC(=O)OC(C)(C)C)n3)[C@H]2SC1. The summed E-state index contributed by atoms with van der Waals surface area (Å²) in [5.74, 6) is -2.00. The number of hydrogen-bond donors (Lipinski definition) is 3. The van der Waals surface area contributed by atoms with Crippen LogP contribution in [0.4, 0.5) is 9.93 Å². The van der Waals surface area contributed by atoms with Crippen LogP contribution in [0.5, 0.6) is 0 Å². The van der Waals surface area contributed by atoms with Crippen LogP contribution in [0, 0.1) is 0 Å². The average molecular weight is 1010 g/mol. The van der Waals surface area contributed by atoms with Gasteiger partial charge in [0.05, 0.1) is 0 Å². The lowest BCUT2D eigenvalue weighted by Crippen LogP contribution is -2.71.